The molecule has 1 amide bonds. The number of aromatic nitrogens is 3. The highest BCUT2D eigenvalue weighted by Gasteiger charge is 2.15. The molecule has 0 saturated heterocycles. The molecule has 0 atom stereocenters. The summed E-state index contributed by atoms with van der Waals surface area (Å²) >= 11 is 4.68. The first-order valence-electron chi connectivity index (χ1n) is 7.02. The molecule has 0 aliphatic heterocycles. The van der Waals surface area contributed by atoms with E-state index in [4.69, 9.17) is 10.3 Å². The second kappa shape index (κ2) is 7.54. The zero-order valence-corrected chi connectivity index (χ0v) is 14.9. The third kappa shape index (κ3) is 3.80. The highest BCUT2D eigenvalue weighted by Crippen LogP contribution is 2.27. The number of nitrogen functional groups attached to an aromatic ring is 1. The van der Waals surface area contributed by atoms with Crippen LogP contribution in [-0.4, -0.2) is 26.5 Å². The Kier molecular flexibility index (Phi) is 5.21. The van der Waals surface area contributed by atoms with Gasteiger partial charge in [0.1, 0.15) is 5.76 Å². The molecule has 3 aromatic rings. The van der Waals surface area contributed by atoms with E-state index in [9.17, 15) is 4.79 Å². The van der Waals surface area contributed by atoms with Gasteiger partial charge in [-0.2, -0.15) is 0 Å². The van der Waals surface area contributed by atoms with Crippen molar-refractivity contribution in [1.82, 2.24) is 20.2 Å². The summed E-state index contributed by atoms with van der Waals surface area (Å²) in [6, 6.07) is 11.2. The van der Waals surface area contributed by atoms with Gasteiger partial charge in [-0.1, -0.05) is 39.8 Å². The van der Waals surface area contributed by atoms with Crippen LogP contribution in [0.25, 0.3) is 11.4 Å². The van der Waals surface area contributed by atoms with Crippen LogP contribution in [-0.2, 0) is 11.3 Å². The van der Waals surface area contributed by atoms with Crippen LogP contribution in [0, 0.1) is 0 Å². The van der Waals surface area contributed by atoms with Crippen molar-refractivity contribution in [3.05, 3.63) is 52.9 Å². The van der Waals surface area contributed by atoms with Gasteiger partial charge in [0.15, 0.2) is 5.82 Å². The van der Waals surface area contributed by atoms with Crippen molar-refractivity contribution in [3.8, 4) is 11.4 Å². The quantitative estimate of drug-likeness (QED) is 0.480. The van der Waals surface area contributed by atoms with Gasteiger partial charge in [0, 0.05) is 10.0 Å². The Morgan fingerprint density at radius 2 is 2.12 bits per heavy atom. The fourth-order valence-corrected chi connectivity index (χ4v) is 3.13. The van der Waals surface area contributed by atoms with Crippen LogP contribution in [0.4, 0.5) is 0 Å². The number of nitrogens with two attached hydrogens (primary N) is 1. The number of thioether (sulfide) groups is 1. The summed E-state index contributed by atoms with van der Waals surface area (Å²) in [6.45, 7) is 0.351. The number of carbonyl (C=O) groups excluding carboxylic acids is 1. The summed E-state index contributed by atoms with van der Waals surface area (Å²) in [5.41, 5.74) is 0.835. The number of amides is 1. The van der Waals surface area contributed by atoms with Crippen molar-refractivity contribution < 1.29 is 9.21 Å². The predicted octanol–water partition coefficient (Wildman–Crippen LogP) is 2.42. The Hall–Kier alpha value is -2.26. The topological polar surface area (TPSA) is 99.0 Å². The lowest BCUT2D eigenvalue weighted by Gasteiger charge is -2.05. The van der Waals surface area contributed by atoms with E-state index in [0.717, 1.165) is 10.0 Å². The number of carbonyl (C=O) groups is 1. The zero-order valence-electron chi connectivity index (χ0n) is 12.5. The Balaban J connectivity index is 1.60. The average molecular weight is 408 g/mol. The molecule has 0 saturated carbocycles. The highest BCUT2D eigenvalue weighted by molar-refractivity contribution is 9.10. The third-order valence-electron chi connectivity index (χ3n) is 3.15. The molecule has 124 valence electrons. The molecular formula is C15H14BrN5O2S. The first-order chi connectivity index (χ1) is 11.6. The Morgan fingerprint density at radius 1 is 1.29 bits per heavy atom. The number of nitrogens with zero attached hydrogens (tertiary/aromatic N) is 3. The van der Waals surface area contributed by atoms with E-state index in [1.54, 1.807) is 18.4 Å². The first kappa shape index (κ1) is 16.6. The molecule has 0 spiro atoms. The molecule has 3 N–H and O–H groups in total. The molecule has 3 rings (SSSR count). The maximum absolute atomic E-state index is 11.9. The molecule has 2 heterocycles. The van der Waals surface area contributed by atoms with Gasteiger partial charge in [-0.3, -0.25) is 4.79 Å². The average Bonchev–Trinajstić information content (AvgIpc) is 3.22. The number of nitrogens with one attached hydrogen (secondary N) is 1. The van der Waals surface area contributed by atoms with E-state index in [1.165, 1.54) is 16.4 Å². The third-order valence-corrected chi connectivity index (χ3v) is 4.79. The summed E-state index contributed by atoms with van der Waals surface area (Å²) in [7, 11) is 0. The number of hydrogen-bond donors (Lipinski definition) is 2. The second-order valence-electron chi connectivity index (χ2n) is 4.80. The summed E-state index contributed by atoms with van der Waals surface area (Å²) in [4.78, 5) is 11.9. The van der Waals surface area contributed by atoms with Gasteiger partial charge >= 0.3 is 0 Å². The number of benzene rings is 1. The minimum Gasteiger partial charge on any atom is -0.467 e. The molecule has 7 nitrogen and oxygen atoms in total. The van der Waals surface area contributed by atoms with Gasteiger partial charge in [-0.05, 0) is 24.3 Å². The summed E-state index contributed by atoms with van der Waals surface area (Å²) in [6.07, 6.45) is 1.57. The summed E-state index contributed by atoms with van der Waals surface area (Å²) in [5.74, 6) is 7.32. The molecule has 1 aromatic carbocycles. The Labute approximate surface area is 150 Å². The van der Waals surface area contributed by atoms with Crippen LogP contribution in [0.2, 0.25) is 0 Å². The standard InChI is InChI=1S/C15H14BrN5O2S/c16-12-6-2-1-5-11(12)14-19-20-15(21(14)17)24-9-13(22)18-8-10-4-3-7-23-10/h1-7H,8-9,17H2,(H,18,22). The fourth-order valence-electron chi connectivity index (χ4n) is 1.98. The van der Waals surface area contributed by atoms with Crippen molar-refractivity contribution in [1.29, 1.82) is 0 Å². The molecule has 0 radical (unpaired) electrons. The zero-order chi connectivity index (χ0) is 16.9. The number of hydrogen-bond acceptors (Lipinski definition) is 6. The molecule has 0 aliphatic carbocycles. The van der Waals surface area contributed by atoms with E-state index < -0.39 is 0 Å². The van der Waals surface area contributed by atoms with E-state index in [1.807, 2.05) is 24.3 Å². The summed E-state index contributed by atoms with van der Waals surface area (Å²) < 4.78 is 7.41. The SMILES string of the molecule is Nn1c(SCC(=O)NCc2ccco2)nnc1-c1ccccc1Br. The smallest absolute Gasteiger partial charge is 0.230 e. The van der Waals surface area contributed by atoms with Gasteiger partial charge in [0.25, 0.3) is 0 Å². The van der Waals surface area contributed by atoms with Gasteiger partial charge in [0.05, 0.1) is 18.6 Å². The van der Waals surface area contributed by atoms with E-state index in [0.29, 0.717) is 23.3 Å². The van der Waals surface area contributed by atoms with Crippen molar-refractivity contribution in [2.75, 3.05) is 11.6 Å². The second-order valence-corrected chi connectivity index (χ2v) is 6.60. The molecule has 24 heavy (non-hydrogen) atoms. The summed E-state index contributed by atoms with van der Waals surface area (Å²) in [5, 5.41) is 11.4. The maximum Gasteiger partial charge on any atom is 0.230 e. The van der Waals surface area contributed by atoms with Gasteiger partial charge in [0.2, 0.25) is 11.1 Å². The number of rotatable bonds is 6. The van der Waals surface area contributed by atoms with Gasteiger partial charge in [-0.15, -0.1) is 10.2 Å². The lowest BCUT2D eigenvalue weighted by molar-refractivity contribution is -0.118. The van der Waals surface area contributed by atoms with Crippen molar-refractivity contribution >= 4 is 33.6 Å². The van der Waals surface area contributed by atoms with Crippen LogP contribution >= 0.6 is 27.7 Å². The minimum absolute atomic E-state index is 0.137. The first-order valence-corrected chi connectivity index (χ1v) is 8.80. The molecule has 0 unspecified atom stereocenters. The molecule has 2 aromatic heterocycles. The van der Waals surface area contributed by atoms with Crippen molar-refractivity contribution in [3.63, 3.8) is 0 Å². The maximum atomic E-state index is 11.9. The van der Waals surface area contributed by atoms with E-state index in [-0.39, 0.29) is 11.7 Å². The minimum atomic E-state index is -0.137. The van der Waals surface area contributed by atoms with Crippen molar-refractivity contribution in [2.24, 2.45) is 0 Å². The predicted molar refractivity (Wildman–Crippen MR) is 94.6 cm³/mol. The van der Waals surface area contributed by atoms with Gasteiger partial charge < -0.3 is 15.6 Å². The normalized spacial score (nSPS) is 10.7. The van der Waals surface area contributed by atoms with Crippen LogP contribution in [0.3, 0.4) is 0 Å². The lowest BCUT2D eigenvalue weighted by Crippen LogP contribution is -2.24. The lowest BCUT2D eigenvalue weighted by atomic mass is 10.2. The van der Waals surface area contributed by atoms with Crippen LogP contribution in [0.15, 0.2) is 56.7 Å². The van der Waals surface area contributed by atoms with Crippen molar-refractivity contribution in [2.45, 2.75) is 11.7 Å². The molecular weight excluding hydrogens is 394 g/mol. The highest BCUT2D eigenvalue weighted by atomic mass is 79.9. The molecule has 0 aliphatic rings. The number of halogens is 1. The molecule has 9 heteroatoms. The van der Waals surface area contributed by atoms with E-state index in [2.05, 4.69) is 31.4 Å². The van der Waals surface area contributed by atoms with Crippen LogP contribution in [0.5, 0.6) is 0 Å². The van der Waals surface area contributed by atoms with Crippen LogP contribution < -0.4 is 11.2 Å². The van der Waals surface area contributed by atoms with Crippen LogP contribution in [0.1, 0.15) is 5.76 Å². The Morgan fingerprint density at radius 3 is 2.88 bits per heavy atom. The molecule has 0 bridgehead atoms. The van der Waals surface area contributed by atoms with E-state index >= 15 is 0 Å². The molecule has 0 fully saturated rings. The monoisotopic (exact) mass is 407 g/mol. The van der Waals surface area contributed by atoms with Gasteiger partial charge in [-0.25, -0.2) is 4.68 Å². The largest absolute Gasteiger partial charge is 0.467 e. The Bertz CT molecular complexity index is 834. The number of furan rings is 1. The fraction of sp³-hybridized carbons (Fsp3) is 0.133.